The second-order valence-electron chi connectivity index (χ2n) is 8.34. The Morgan fingerprint density at radius 2 is 1.42 bits per heavy atom. The number of carbonyl (C=O) groups is 1. The van der Waals surface area contributed by atoms with Crippen molar-refractivity contribution in [2.45, 2.75) is 44.4 Å². The van der Waals surface area contributed by atoms with Gasteiger partial charge in [0.05, 0.1) is 0 Å². The summed E-state index contributed by atoms with van der Waals surface area (Å²) in [5.74, 6) is 2.72. The van der Waals surface area contributed by atoms with Gasteiger partial charge in [0.25, 0.3) is 0 Å². The van der Waals surface area contributed by atoms with Crippen LogP contribution < -0.4 is 0 Å². The Kier molecular flexibility index (Phi) is 4.04. The minimum atomic E-state index is 0.269. The van der Waals surface area contributed by atoms with E-state index in [-0.39, 0.29) is 5.92 Å². The molecule has 0 amide bonds. The van der Waals surface area contributed by atoms with Crippen molar-refractivity contribution in [3.63, 3.8) is 0 Å². The van der Waals surface area contributed by atoms with E-state index < -0.39 is 0 Å². The number of rotatable bonds is 1. The molecule has 0 unspecified atom stereocenters. The van der Waals surface area contributed by atoms with E-state index in [1.54, 1.807) is 11.1 Å². The Labute approximate surface area is 156 Å². The Morgan fingerprint density at radius 3 is 2.31 bits per heavy atom. The van der Waals surface area contributed by atoms with Gasteiger partial charge < -0.3 is 0 Å². The summed E-state index contributed by atoms with van der Waals surface area (Å²) in [6.07, 6.45) is 9.02. The van der Waals surface area contributed by atoms with Crippen LogP contribution in [0.25, 0.3) is 6.08 Å². The predicted molar refractivity (Wildman–Crippen MR) is 106 cm³/mol. The summed E-state index contributed by atoms with van der Waals surface area (Å²) < 4.78 is 0. The molecule has 0 bridgehead atoms. The van der Waals surface area contributed by atoms with Crippen LogP contribution in [0.4, 0.5) is 0 Å². The lowest BCUT2D eigenvalue weighted by atomic mass is 9.56. The Bertz CT molecular complexity index is 847. The molecule has 0 heterocycles. The number of benzene rings is 2. The molecule has 132 valence electrons. The van der Waals surface area contributed by atoms with Crippen molar-refractivity contribution in [1.82, 2.24) is 0 Å². The summed E-state index contributed by atoms with van der Waals surface area (Å²) in [6, 6.07) is 19.4. The van der Waals surface area contributed by atoms with Gasteiger partial charge >= 0.3 is 0 Å². The summed E-state index contributed by atoms with van der Waals surface area (Å²) in [5, 5.41) is 0. The number of aryl methyl sites for hydroxylation is 1. The molecule has 0 N–H and O–H groups in total. The first-order valence-electron chi connectivity index (χ1n) is 10.2. The number of hydrogen-bond acceptors (Lipinski definition) is 1. The molecule has 0 spiro atoms. The van der Waals surface area contributed by atoms with Gasteiger partial charge in [-0.1, -0.05) is 54.6 Å². The van der Waals surface area contributed by atoms with Crippen LogP contribution in [-0.2, 0) is 11.2 Å². The Hall–Kier alpha value is -2.15. The molecule has 3 aliphatic rings. The van der Waals surface area contributed by atoms with E-state index in [1.807, 2.05) is 18.2 Å². The van der Waals surface area contributed by atoms with Crippen LogP contribution in [0.1, 0.15) is 54.7 Å². The molecule has 1 heteroatoms. The molecule has 1 nitrogen and oxygen atoms in total. The maximum atomic E-state index is 13.2. The van der Waals surface area contributed by atoms with Crippen molar-refractivity contribution in [3.8, 4) is 0 Å². The van der Waals surface area contributed by atoms with Gasteiger partial charge in [0, 0.05) is 5.92 Å². The number of allylic oxidation sites excluding steroid dienone is 1. The van der Waals surface area contributed by atoms with Gasteiger partial charge in [0.2, 0.25) is 0 Å². The summed E-state index contributed by atoms with van der Waals surface area (Å²) in [4.78, 5) is 13.2. The highest BCUT2D eigenvalue weighted by Gasteiger charge is 2.46. The van der Waals surface area contributed by atoms with Crippen LogP contribution in [0.15, 0.2) is 60.2 Å². The van der Waals surface area contributed by atoms with Crippen molar-refractivity contribution in [1.29, 1.82) is 0 Å². The zero-order valence-corrected chi connectivity index (χ0v) is 15.2. The lowest BCUT2D eigenvalue weighted by molar-refractivity contribution is -0.125. The molecule has 26 heavy (non-hydrogen) atoms. The highest BCUT2D eigenvalue weighted by molar-refractivity contribution is 6.02. The summed E-state index contributed by atoms with van der Waals surface area (Å²) in [6.45, 7) is 0. The monoisotopic (exact) mass is 342 g/mol. The minimum absolute atomic E-state index is 0.269. The van der Waals surface area contributed by atoms with Crippen LogP contribution >= 0.6 is 0 Å². The summed E-state index contributed by atoms with van der Waals surface area (Å²) >= 11 is 0. The highest BCUT2D eigenvalue weighted by atomic mass is 16.1. The van der Waals surface area contributed by atoms with Crippen LogP contribution in [0.2, 0.25) is 0 Å². The second-order valence-corrected chi connectivity index (χ2v) is 8.34. The summed E-state index contributed by atoms with van der Waals surface area (Å²) in [5.41, 5.74) is 5.36. The van der Waals surface area contributed by atoms with Gasteiger partial charge in [-0.3, -0.25) is 4.79 Å². The normalized spacial score (nSPS) is 31.8. The van der Waals surface area contributed by atoms with Crippen LogP contribution in [0.3, 0.4) is 0 Å². The molecular formula is C25H26O. The third-order valence-electron chi connectivity index (χ3n) is 7.11. The van der Waals surface area contributed by atoms with E-state index in [1.165, 1.54) is 25.7 Å². The van der Waals surface area contributed by atoms with Gasteiger partial charge in [0.15, 0.2) is 5.78 Å². The Balaban J connectivity index is 1.41. The third kappa shape index (κ3) is 2.65. The first kappa shape index (κ1) is 16.1. The molecule has 2 saturated carbocycles. The van der Waals surface area contributed by atoms with Crippen LogP contribution in [-0.4, -0.2) is 5.78 Å². The fraction of sp³-hybridized carbons (Fsp3) is 0.400. The van der Waals surface area contributed by atoms with E-state index in [0.717, 1.165) is 24.0 Å². The molecule has 2 aromatic rings. The molecule has 3 aliphatic carbocycles. The molecule has 2 fully saturated rings. The molecule has 5 rings (SSSR count). The molecule has 0 aromatic heterocycles. The number of fused-ring (bicyclic) bond motifs is 5. The van der Waals surface area contributed by atoms with Crippen molar-refractivity contribution < 1.29 is 4.79 Å². The van der Waals surface area contributed by atoms with Crippen molar-refractivity contribution in [2.75, 3.05) is 0 Å². The van der Waals surface area contributed by atoms with Crippen molar-refractivity contribution in [3.05, 3.63) is 76.9 Å². The number of Topliss-reactive ketones (excluding diaryl/α,β-unsaturated/α-hetero) is 1. The smallest absolute Gasteiger partial charge is 0.162 e. The van der Waals surface area contributed by atoms with E-state index in [4.69, 9.17) is 0 Å². The largest absolute Gasteiger partial charge is 0.294 e. The van der Waals surface area contributed by atoms with Crippen molar-refractivity contribution in [2.24, 2.45) is 17.8 Å². The van der Waals surface area contributed by atoms with Gasteiger partial charge in [-0.2, -0.15) is 0 Å². The lowest BCUT2D eigenvalue weighted by Crippen LogP contribution is -2.42. The molecule has 0 radical (unpaired) electrons. The van der Waals surface area contributed by atoms with Gasteiger partial charge in [-0.05, 0) is 84.6 Å². The molecule has 2 aromatic carbocycles. The number of ketones is 1. The molecule has 4 atom stereocenters. The van der Waals surface area contributed by atoms with E-state index in [0.29, 0.717) is 23.5 Å². The quantitative estimate of drug-likeness (QED) is 0.598. The van der Waals surface area contributed by atoms with Gasteiger partial charge in [-0.25, -0.2) is 0 Å². The Morgan fingerprint density at radius 1 is 0.731 bits per heavy atom. The zero-order chi connectivity index (χ0) is 17.5. The fourth-order valence-corrected chi connectivity index (χ4v) is 5.95. The lowest BCUT2D eigenvalue weighted by Gasteiger charge is -2.48. The SMILES string of the molecule is O=C1/C(=C/c2ccccc2)CC[C@@H]2[C@H]3CCc4ccccc4[C@@H]3CC[C@H]12. The molecule has 0 saturated heterocycles. The minimum Gasteiger partial charge on any atom is -0.294 e. The summed E-state index contributed by atoms with van der Waals surface area (Å²) in [7, 11) is 0. The fourth-order valence-electron chi connectivity index (χ4n) is 5.95. The predicted octanol–water partition coefficient (Wildman–Crippen LogP) is 5.81. The van der Waals surface area contributed by atoms with E-state index in [9.17, 15) is 4.79 Å². The zero-order valence-electron chi connectivity index (χ0n) is 15.2. The van der Waals surface area contributed by atoms with Crippen LogP contribution in [0, 0.1) is 17.8 Å². The molecular weight excluding hydrogens is 316 g/mol. The van der Waals surface area contributed by atoms with Crippen molar-refractivity contribution >= 4 is 11.9 Å². The maximum Gasteiger partial charge on any atom is 0.162 e. The molecule has 0 aliphatic heterocycles. The average molecular weight is 342 g/mol. The number of hydrogen-bond donors (Lipinski definition) is 0. The first-order valence-corrected chi connectivity index (χ1v) is 10.2. The highest BCUT2D eigenvalue weighted by Crippen LogP contribution is 2.53. The average Bonchev–Trinajstić information content (AvgIpc) is 2.70. The first-order chi connectivity index (χ1) is 12.8. The number of carbonyl (C=O) groups excluding carboxylic acids is 1. The van der Waals surface area contributed by atoms with Gasteiger partial charge in [0.1, 0.15) is 0 Å². The topological polar surface area (TPSA) is 17.1 Å². The maximum absolute atomic E-state index is 13.2. The van der Waals surface area contributed by atoms with Crippen LogP contribution in [0.5, 0.6) is 0 Å². The second kappa shape index (κ2) is 6.54. The van der Waals surface area contributed by atoms with Gasteiger partial charge in [-0.15, -0.1) is 0 Å². The third-order valence-corrected chi connectivity index (χ3v) is 7.11. The standard InChI is InChI=1S/C25H26O/c26-25-19(16-17-6-2-1-3-7-17)11-13-23-22-12-10-18-8-4-5-9-20(18)21(22)14-15-24(23)25/h1-9,16,21-24H,10-15H2/b19-16+/t21-,22-,23+,24-/m0/s1. The van der Waals surface area contributed by atoms with E-state index >= 15 is 0 Å². The van der Waals surface area contributed by atoms with E-state index in [2.05, 4.69) is 42.5 Å².